The Hall–Kier alpha value is -1.22. The van der Waals surface area contributed by atoms with Crippen molar-refractivity contribution in [3.05, 3.63) is 41.8 Å². The zero-order valence-electron chi connectivity index (χ0n) is 10.4. The quantitative estimate of drug-likeness (QED) is 0.482. The lowest BCUT2D eigenvalue weighted by Crippen LogP contribution is -1.94. The first kappa shape index (κ1) is 12.8. The summed E-state index contributed by atoms with van der Waals surface area (Å²) >= 11 is 0. The highest BCUT2D eigenvalue weighted by Gasteiger charge is 2.04. The SMILES string of the molecule is [C]#CC(CC)c1ccc(CCCCC)cc1. The van der Waals surface area contributed by atoms with Crippen LogP contribution in [0.15, 0.2) is 24.3 Å². The summed E-state index contributed by atoms with van der Waals surface area (Å²) in [6.07, 6.45) is 13.2. The van der Waals surface area contributed by atoms with Gasteiger partial charge in [-0.1, -0.05) is 56.9 Å². The Kier molecular flexibility index (Phi) is 5.72. The zero-order chi connectivity index (χ0) is 11.8. The maximum atomic E-state index is 7.24. The molecule has 0 aliphatic rings. The summed E-state index contributed by atoms with van der Waals surface area (Å²) in [7, 11) is 0. The van der Waals surface area contributed by atoms with E-state index in [0.717, 1.165) is 6.42 Å². The van der Waals surface area contributed by atoms with E-state index in [9.17, 15) is 0 Å². The van der Waals surface area contributed by atoms with Crippen molar-refractivity contribution in [1.82, 2.24) is 0 Å². The lowest BCUT2D eigenvalue weighted by molar-refractivity contribution is 0.717. The second-order valence-electron chi connectivity index (χ2n) is 4.30. The first-order valence-electron chi connectivity index (χ1n) is 6.32. The molecule has 0 heteroatoms. The third kappa shape index (κ3) is 3.74. The van der Waals surface area contributed by atoms with Crippen molar-refractivity contribution in [1.29, 1.82) is 0 Å². The van der Waals surface area contributed by atoms with E-state index >= 15 is 0 Å². The molecular formula is C16H21. The van der Waals surface area contributed by atoms with Gasteiger partial charge in [0.1, 0.15) is 0 Å². The standard InChI is InChI=1S/C16H21/c1-4-7-8-9-14-10-12-16(13-11-14)15(5-2)6-3/h10-13,15H,4-5,7-9H2,1-2H3. The van der Waals surface area contributed by atoms with Crippen molar-refractivity contribution in [3.8, 4) is 5.92 Å². The molecule has 0 amide bonds. The Morgan fingerprint density at radius 1 is 1.12 bits per heavy atom. The number of unbranched alkanes of at least 4 members (excludes halogenated alkanes) is 2. The van der Waals surface area contributed by atoms with Gasteiger partial charge in [-0.3, -0.25) is 0 Å². The van der Waals surface area contributed by atoms with E-state index < -0.39 is 0 Å². The molecule has 1 aromatic rings. The van der Waals surface area contributed by atoms with Gasteiger partial charge in [0.05, 0.1) is 0 Å². The van der Waals surface area contributed by atoms with E-state index in [1.807, 2.05) is 0 Å². The second kappa shape index (κ2) is 7.12. The fourth-order valence-electron chi connectivity index (χ4n) is 1.92. The predicted molar refractivity (Wildman–Crippen MR) is 69.8 cm³/mol. The number of aryl methyl sites for hydroxylation is 1. The highest BCUT2D eigenvalue weighted by Crippen LogP contribution is 2.19. The van der Waals surface area contributed by atoms with Crippen LogP contribution in [-0.2, 0) is 6.42 Å². The number of hydrogen-bond donors (Lipinski definition) is 0. The van der Waals surface area contributed by atoms with E-state index in [-0.39, 0.29) is 5.92 Å². The Labute approximate surface area is 100 Å². The normalized spacial score (nSPS) is 12.1. The van der Waals surface area contributed by atoms with Gasteiger partial charge in [0, 0.05) is 5.92 Å². The fourth-order valence-corrected chi connectivity index (χ4v) is 1.92. The predicted octanol–water partition coefficient (Wildman–Crippen LogP) is 4.50. The average molecular weight is 213 g/mol. The van der Waals surface area contributed by atoms with Crippen LogP contribution in [-0.4, -0.2) is 0 Å². The molecule has 16 heavy (non-hydrogen) atoms. The van der Waals surface area contributed by atoms with Gasteiger partial charge in [0.2, 0.25) is 0 Å². The molecule has 0 spiro atoms. The van der Waals surface area contributed by atoms with Crippen LogP contribution >= 0.6 is 0 Å². The maximum absolute atomic E-state index is 7.24. The Morgan fingerprint density at radius 2 is 1.81 bits per heavy atom. The Balaban J connectivity index is 2.57. The molecule has 0 aliphatic heterocycles. The van der Waals surface area contributed by atoms with Gasteiger partial charge in [-0.25, -0.2) is 0 Å². The molecule has 0 heterocycles. The van der Waals surface area contributed by atoms with Gasteiger partial charge in [-0.2, -0.15) is 0 Å². The Bertz CT molecular complexity index is 326. The summed E-state index contributed by atoms with van der Waals surface area (Å²) in [5.41, 5.74) is 2.63. The minimum Gasteiger partial charge on any atom is -0.0809 e. The summed E-state index contributed by atoms with van der Waals surface area (Å²) in [6, 6.07) is 8.70. The Morgan fingerprint density at radius 3 is 2.31 bits per heavy atom. The van der Waals surface area contributed by atoms with Crippen LogP contribution in [0.5, 0.6) is 0 Å². The zero-order valence-corrected chi connectivity index (χ0v) is 10.4. The monoisotopic (exact) mass is 213 g/mol. The maximum Gasteiger partial charge on any atom is 0.0459 e. The third-order valence-electron chi connectivity index (χ3n) is 3.03. The van der Waals surface area contributed by atoms with E-state index in [4.69, 9.17) is 6.42 Å². The van der Waals surface area contributed by atoms with E-state index in [2.05, 4.69) is 44.0 Å². The largest absolute Gasteiger partial charge is 0.0809 e. The molecule has 1 atom stereocenters. The smallest absolute Gasteiger partial charge is 0.0459 e. The van der Waals surface area contributed by atoms with Crippen LogP contribution in [0, 0.1) is 12.3 Å². The first-order valence-corrected chi connectivity index (χ1v) is 6.32. The molecule has 1 radical (unpaired) electrons. The van der Waals surface area contributed by atoms with Crippen LogP contribution < -0.4 is 0 Å². The second-order valence-corrected chi connectivity index (χ2v) is 4.30. The van der Waals surface area contributed by atoms with Crippen LogP contribution in [0.25, 0.3) is 0 Å². The molecule has 1 aromatic carbocycles. The molecule has 0 aliphatic carbocycles. The highest BCUT2D eigenvalue weighted by molar-refractivity contribution is 5.29. The van der Waals surface area contributed by atoms with Gasteiger partial charge < -0.3 is 0 Å². The summed E-state index contributed by atoms with van der Waals surface area (Å²) in [5, 5.41) is 0. The molecule has 1 unspecified atom stereocenters. The molecule has 0 N–H and O–H groups in total. The first-order chi connectivity index (χ1) is 7.81. The number of rotatable bonds is 6. The lowest BCUT2D eigenvalue weighted by atomic mass is 9.95. The third-order valence-corrected chi connectivity index (χ3v) is 3.03. The van der Waals surface area contributed by atoms with Crippen molar-refractivity contribution in [2.75, 3.05) is 0 Å². The van der Waals surface area contributed by atoms with Gasteiger partial charge in [-0.05, 0) is 36.8 Å². The van der Waals surface area contributed by atoms with Crippen LogP contribution in [0.4, 0.5) is 0 Å². The summed E-state index contributed by atoms with van der Waals surface area (Å²) in [5.74, 6) is 2.76. The van der Waals surface area contributed by atoms with E-state index in [1.165, 1.54) is 36.8 Å². The van der Waals surface area contributed by atoms with Gasteiger partial charge >= 0.3 is 0 Å². The van der Waals surface area contributed by atoms with E-state index in [0.29, 0.717) is 0 Å². The van der Waals surface area contributed by atoms with Gasteiger partial charge in [0.15, 0.2) is 0 Å². The fraction of sp³-hybridized carbons (Fsp3) is 0.500. The molecule has 0 saturated carbocycles. The average Bonchev–Trinajstić information content (AvgIpc) is 2.33. The van der Waals surface area contributed by atoms with Gasteiger partial charge in [0.25, 0.3) is 0 Å². The minimum absolute atomic E-state index is 0.171. The molecule has 0 aromatic heterocycles. The number of benzene rings is 1. The van der Waals surface area contributed by atoms with E-state index in [1.54, 1.807) is 0 Å². The molecule has 0 saturated heterocycles. The summed E-state index contributed by atoms with van der Waals surface area (Å²) in [4.78, 5) is 0. The topological polar surface area (TPSA) is 0 Å². The highest BCUT2D eigenvalue weighted by atomic mass is 14.1. The summed E-state index contributed by atoms with van der Waals surface area (Å²) < 4.78 is 0. The van der Waals surface area contributed by atoms with Crippen LogP contribution in [0.2, 0.25) is 0 Å². The molecule has 0 nitrogen and oxygen atoms in total. The molecule has 85 valence electrons. The van der Waals surface area contributed by atoms with Crippen molar-refractivity contribution in [3.63, 3.8) is 0 Å². The molecule has 1 rings (SSSR count). The minimum atomic E-state index is 0.171. The van der Waals surface area contributed by atoms with Crippen LogP contribution in [0.3, 0.4) is 0 Å². The van der Waals surface area contributed by atoms with Crippen molar-refractivity contribution >= 4 is 0 Å². The molecule has 0 fully saturated rings. The molecular weight excluding hydrogens is 192 g/mol. The summed E-state index contributed by atoms with van der Waals surface area (Å²) in [6.45, 7) is 4.33. The van der Waals surface area contributed by atoms with Gasteiger partial charge in [-0.15, -0.1) is 0 Å². The molecule has 0 bridgehead atoms. The van der Waals surface area contributed by atoms with Crippen LogP contribution in [0.1, 0.15) is 56.6 Å². The van der Waals surface area contributed by atoms with Crippen molar-refractivity contribution < 1.29 is 0 Å². The lowest BCUT2D eigenvalue weighted by Gasteiger charge is -2.08. The van der Waals surface area contributed by atoms with Crippen molar-refractivity contribution in [2.45, 2.75) is 51.9 Å². The van der Waals surface area contributed by atoms with Crippen molar-refractivity contribution in [2.24, 2.45) is 0 Å². The number of hydrogen-bond acceptors (Lipinski definition) is 0.